The molecule has 2 aromatic carbocycles. The Morgan fingerprint density at radius 3 is 2.50 bits per heavy atom. The average Bonchev–Trinajstić information content (AvgIpc) is 2.89. The number of nitrogen functional groups attached to an aromatic ring is 1. The molecule has 0 bridgehead atoms. The molecule has 0 saturated heterocycles. The Bertz CT molecular complexity index is 976. The molecule has 1 heterocycles. The van der Waals surface area contributed by atoms with Gasteiger partial charge in [0.25, 0.3) is 17.7 Å². The number of carbonyl (C=O) groups excluding carboxylic acids is 4. The highest BCUT2D eigenvalue weighted by Gasteiger charge is 2.34. The fraction of sp³-hybridized carbons (Fsp3) is 0.158. The summed E-state index contributed by atoms with van der Waals surface area (Å²) in [6, 6.07) is 10.6. The lowest BCUT2D eigenvalue weighted by Gasteiger charge is -2.14. The number of para-hydroxylation sites is 1. The predicted octanol–water partition coefficient (Wildman–Crippen LogP) is 2.16. The van der Waals surface area contributed by atoms with Gasteiger partial charge in [-0.2, -0.15) is 0 Å². The van der Waals surface area contributed by atoms with Gasteiger partial charge in [0.1, 0.15) is 0 Å². The number of urea groups is 1. The molecule has 1 aliphatic rings. The minimum absolute atomic E-state index is 0.157. The van der Waals surface area contributed by atoms with Crippen LogP contribution in [0.15, 0.2) is 46.9 Å². The molecule has 28 heavy (non-hydrogen) atoms. The van der Waals surface area contributed by atoms with Crippen LogP contribution < -0.4 is 16.4 Å². The third-order valence-corrected chi connectivity index (χ3v) is 4.70. The number of halogens is 1. The van der Waals surface area contributed by atoms with Gasteiger partial charge in [0.05, 0.1) is 16.7 Å². The van der Waals surface area contributed by atoms with E-state index in [1.165, 1.54) is 6.07 Å². The minimum atomic E-state index is -0.681. The number of fused-ring (bicyclic) bond motifs is 1. The first-order chi connectivity index (χ1) is 13.4. The third kappa shape index (κ3) is 4.04. The highest BCUT2D eigenvalue weighted by atomic mass is 79.9. The van der Waals surface area contributed by atoms with E-state index in [-0.39, 0.29) is 36.2 Å². The van der Waals surface area contributed by atoms with Crippen LogP contribution >= 0.6 is 15.9 Å². The van der Waals surface area contributed by atoms with Gasteiger partial charge in [-0.05, 0) is 36.8 Å². The number of anilines is 1. The summed E-state index contributed by atoms with van der Waals surface area (Å²) < 4.78 is 0.719. The maximum atomic E-state index is 12.3. The second-order valence-corrected chi connectivity index (χ2v) is 7.02. The number of hydrogen-bond acceptors (Lipinski definition) is 5. The topological polar surface area (TPSA) is 122 Å². The van der Waals surface area contributed by atoms with Crippen LogP contribution in [0.5, 0.6) is 0 Å². The molecule has 5 amide bonds. The molecule has 144 valence electrons. The fourth-order valence-corrected chi connectivity index (χ4v) is 3.18. The summed E-state index contributed by atoms with van der Waals surface area (Å²) in [6.07, 6.45) is 0.349. The zero-order valence-electron chi connectivity index (χ0n) is 14.7. The van der Waals surface area contributed by atoms with Crippen LogP contribution in [0.4, 0.5) is 10.5 Å². The van der Waals surface area contributed by atoms with E-state index in [1.807, 2.05) is 0 Å². The molecule has 0 spiro atoms. The first-order valence-corrected chi connectivity index (χ1v) is 9.27. The Morgan fingerprint density at radius 2 is 1.75 bits per heavy atom. The van der Waals surface area contributed by atoms with Crippen molar-refractivity contribution in [3.63, 3.8) is 0 Å². The van der Waals surface area contributed by atoms with Crippen molar-refractivity contribution < 1.29 is 19.2 Å². The van der Waals surface area contributed by atoms with E-state index < -0.39 is 11.9 Å². The number of imide groups is 2. The van der Waals surface area contributed by atoms with Crippen molar-refractivity contribution in [2.45, 2.75) is 6.42 Å². The van der Waals surface area contributed by atoms with Gasteiger partial charge >= 0.3 is 6.03 Å². The number of nitrogens with two attached hydrogens (primary N) is 1. The number of rotatable bonds is 5. The number of carbonyl (C=O) groups is 4. The van der Waals surface area contributed by atoms with Crippen molar-refractivity contribution in [1.82, 2.24) is 15.5 Å². The SMILES string of the molecule is Nc1ccccc1C(=O)NC(=O)NCCCN1C(=O)c2ccc(Br)cc2C1=O. The molecular weight excluding hydrogens is 428 g/mol. The van der Waals surface area contributed by atoms with E-state index in [4.69, 9.17) is 5.73 Å². The molecule has 4 N–H and O–H groups in total. The monoisotopic (exact) mass is 444 g/mol. The zero-order valence-corrected chi connectivity index (χ0v) is 16.3. The van der Waals surface area contributed by atoms with E-state index in [2.05, 4.69) is 26.6 Å². The Morgan fingerprint density at radius 1 is 1.04 bits per heavy atom. The van der Waals surface area contributed by atoms with Crippen LogP contribution in [-0.2, 0) is 0 Å². The highest BCUT2D eigenvalue weighted by molar-refractivity contribution is 9.10. The molecule has 0 unspecified atom stereocenters. The average molecular weight is 445 g/mol. The molecule has 0 saturated carbocycles. The molecule has 0 atom stereocenters. The number of nitrogens with zero attached hydrogens (tertiary/aromatic N) is 1. The van der Waals surface area contributed by atoms with Crippen LogP contribution in [0.25, 0.3) is 0 Å². The van der Waals surface area contributed by atoms with Gasteiger partial charge < -0.3 is 11.1 Å². The van der Waals surface area contributed by atoms with Crippen molar-refractivity contribution in [2.24, 2.45) is 0 Å². The summed E-state index contributed by atoms with van der Waals surface area (Å²) in [4.78, 5) is 49.7. The lowest BCUT2D eigenvalue weighted by Crippen LogP contribution is -2.41. The Kier molecular flexibility index (Phi) is 5.74. The van der Waals surface area contributed by atoms with Crippen molar-refractivity contribution >= 4 is 45.4 Å². The number of benzene rings is 2. The molecule has 8 nitrogen and oxygen atoms in total. The Labute approximate surface area is 169 Å². The van der Waals surface area contributed by atoms with Gasteiger partial charge in [-0.1, -0.05) is 28.1 Å². The quantitative estimate of drug-likeness (QED) is 0.370. The molecule has 0 aliphatic carbocycles. The summed E-state index contributed by atoms with van der Waals surface area (Å²) in [5, 5.41) is 4.70. The van der Waals surface area contributed by atoms with Crippen LogP contribution in [0.1, 0.15) is 37.5 Å². The first-order valence-electron chi connectivity index (χ1n) is 8.48. The van der Waals surface area contributed by atoms with E-state index in [0.717, 1.165) is 9.37 Å². The largest absolute Gasteiger partial charge is 0.398 e. The standard InChI is InChI=1S/C19H17BrN4O4/c20-11-6-7-12-14(10-11)18(27)24(17(12)26)9-3-8-22-19(28)23-16(25)13-4-1-2-5-15(13)21/h1-2,4-7,10H,3,8-9,21H2,(H2,22,23,25,28). The zero-order chi connectivity index (χ0) is 20.3. The second-order valence-electron chi connectivity index (χ2n) is 6.10. The van der Waals surface area contributed by atoms with Crippen LogP contribution in [-0.4, -0.2) is 41.7 Å². The first kappa shape index (κ1) is 19.6. The lowest BCUT2D eigenvalue weighted by atomic mass is 10.1. The smallest absolute Gasteiger partial charge is 0.321 e. The second kappa shape index (κ2) is 8.22. The van der Waals surface area contributed by atoms with E-state index in [9.17, 15) is 19.2 Å². The summed E-state index contributed by atoms with van der Waals surface area (Å²) in [6.45, 7) is 0.338. The Balaban J connectivity index is 1.47. The maximum absolute atomic E-state index is 12.3. The normalized spacial score (nSPS) is 12.7. The van der Waals surface area contributed by atoms with Gasteiger partial charge in [-0.15, -0.1) is 0 Å². The fourth-order valence-electron chi connectivity index (χ4n) is 2.82. The summed E-state index contributed by atoms with van der Waals surface area (Å²) in [5.41, 5.74) is 6.89. The number of amides is 5. The molecule has 0 radical (unpaired) electrons. The summed E-state index contributed by atoms with van der Waals surface area (Å²) in [7, 11) is 0. The summed E-state index contributed by atoms with van der Waals surface area (Å²) >= 11 is 3.28. The maximum Gasteiger partial charge on any atom is 0.321 e. The van der Waals surface area contributed by atoms with Crippen LogP contribution in [0.3, 0.4) is 0 Å². The molecule has 1 aliphatic heterocycles. The molecule has 9 heteroatoms. The third-order valence-electron chi connectivity index (χ3n) is 4.21. The van der Waals surface area contributed by atoms with Gasteiger partial charge in [0.2, 0.25) is 0 Å². The molecule has 0 aromatic heterocycles. The van der Waals surface area contributed by atoms with Gasteiger partial charge in [0, 0.05) is 23.2 Å². The number of hydrogen-bond donors (Lipinski definition) is 3. The van der Waals surface area contributed by atoms with Crippen LogP contribution in [0.2, 0.25) is 0 Å². The van der Waals surface area contributed by atoms with Crippen molar-refractivity contribution in [2.75, 3.05) is 18.8 Å². The van der Waals surface area contributed by atoms with Gasteiger partial charge in [-0.25, -0.2) is 4.79 Å². The van der Waals surface area contributed by atoms with Crippen LogP contribution in [0, 0.1) is 0 Å². The van der Waals surface area contributed by atoms with E-state index in [0.29, 0.717) is 17.5 Å². The number of nitrogens with one attached hydrogen (secondary N) is 2. The van der Waals surface area contributed by atoms with E-state index >= 15 is 0 Å². The Hall–Kier alpha value is -3.20. The van der Waals surface area contributed by atoms with E-state index in [1.54, 1.807) is 36.4 Å². The summed E-state index contributed by atoms with van der Waals surface area (Å²) in [5.74, 6) is -1.33. The predicted molar refractivity (Wildman–Crippen MR) is 106 cm³/mol. The van der Waals surface area contributed by atoms with Crippen molar-refractivity contribution in [3.8, 4) is 0 Å². The highest BCUT2D eigenvalue weighted by Crippen LogP contribution is 2.25. The minimum Gasteiger partial charge on any atom is -0.398 e. The van der Waals surface area contributed by atoms with Gasteiger partial charge in [0.15, 0.2) is 0 Å². The van der Waals surface area contributed by atoms with Crippen molar-refractivity contribution in [3.05, 3.63) is 63.6 Å². The van der Waals surface area contributed by atoms with Crippen molar-refractivity contribution in [1.29, 1.82) is 0 Å². The molecular formula is C19H17BrN4O4. The molecule has 0 fully saturated rings. The lowest BCUT2D eigenvalue weighted by molar-refractivity contribution is 0.0653. The van der Waals surface area contributed by atoms with Gasteiger partial charge in [-0.3, -0.25) is 24.6 Å². The molecule has 3 rings (SSSR count). The molecule has 2 aromatic rings.